The lowest BCUT2D eigenvalue weighted by molar-refractivity contribution is 0.669. The zero-order chi connectivity index (χ0) is 58.0. The second-order valence-corrected chi connectivity index (χ2v) is 24.1. The van der Waals surface area contributed by atoms with Gasteiger partial charge < -0.3 is 18.6 Å². The molecule has 0 saturated heterocycles. The lowest BCUT2D eigenvalue weighted by atomic mass is 9.33. The van der Waals surface area contributed by atoms with Crippen molar-refractivity contribution >= 4 is 166 Å². The Morgan fingerprint density at radius 1 is 0.213 bits per heavy atom. The first kappa shape index (κ1) is 48.6. The highest BCUT2D eigenvalue weighted by molar-refractivity contribution is 7.00. The molecular formula is C84H49BN2O2. The van der Waals surface area contributed by atoms with Gasteiger partial charge in [0.25, 0.3) is 6.71 Å². The maximum Gasteiger partial charge on any atom is 0.252 e. The number of hydrogen-bond donors (Lipinski definition) is 0. The number of nitrogens with zero attached hydrogens (tertiary/aromatic N) is 2. The van der Waals surface area contributed by atoms with Gasteiger partial charge >= 0.3 is 0 Å². The maximum atomic E-state index is 7.00. The smallest absolute Gasteiger partial charge is 0.252 e. The number of benzene rings is 16. The van der Waals surface area contributed by atoms with E-state index in [4.69, 9.17) is 8.83 Å². The van der Waals surface area contributed by atoms with Crippen molar-refractivity contribution in [2.45, 2.75) is 0 Å². The minimum absolute atomic E-state index is 0.280. The number of rotatable bonds is 5. The number of hydrogen-bond acceptors (Lipinski definition) is 4. The van der Waals surface area contributed by atoms with Gasteiger partial charge in [-0.2, -0.15) is 0 Å². The second-order valence-electron chi connectivity index (χ2n) is 24.1. The number of para-hydroxylation sites is 4. The van der Waals surface area contributed by atoms with Crippen LogP contribution in [0.25, 0.3) is 142 Å². The van der Waals surface area contributed by atoms with Crippen LogP contribution in [0.5, 0.6) is 0 Å². The molecule has 0 spiro atoms. The second kappa shape index (κ2) is 18.4. The van der Waals surface area contributed by atoms with E-state index in [9.17, 15) is 0 Å². The lowest BCUT2D eigenvalue weighted by Crippen LogP contribution is -2.61. The number of fused-ring (bicyclic) bond motifs is 19. The Hall–Kier alpha value is -11.7. The molecule has 0 atom stereocenters. The maximum absolute atomic E-state index is 7.00. The van der Waals surface area contributed by atoms with Gasteiger partial charge in [0.1, 0.15) is 22.3 Å². The molecule has 0 saturated carbocycles. The van der Waals surface area contributed by atoms with Crippen LogP contribution in [-0.4, -0.2) is 6.71 Å². The van der Waals surface area contributed by atoms with Crippen molar-refractivity contribution in [3.63, 3.8) is 0 Å². The molecule has 5 heteroatoms. The third kappa shape index (κ3) is 6.95. The van der Waals surface area contributed by atoms with E-state index in [0.29, 0.717) is 0 Å². The van der Waals surface area contributed by atoms with Gasteiger partial charge in [0.05, 0.1) is 11.4 Å². The van der Waals surface area contributed by atoms with E-state index in [0.717, 1.165) is 106 Å². The molecule has 0 unspecified atom stereocenters. The third-order valence-corrected chi connectivity index (χ3v) is 19.5. The Labute approximate surface area is 512 Å². The first-order valence-corrected chi connectivity index (χ1v) is 30.7. The molecule has 2 aromatic heterocycles. The Morgan fingerprint density at radius 2 is 0.551 bits per heavy atom. The van der Waals surface area contributed by atoms with Crippen LogP contribution in [0.15, 0.2) is 306 Å². The van der Waals surface area contributed by atoms with Gasteiger partial charge in [-0.05, 0) is 182 Å². The molecule has 0 fully saturated rings. The fourth-order valence-corrected chi connectivity index (χ4v) is 15.7. The molecule has 0 bridgehead atoms. The van der Waals surface area contributed by atoms with E-state index in [2.05, 4.69) is 307 Å². The minimum atomic E-state index is -0.280. The largest absolute Gasteiger partial charge is 0.456 e. The molecule has 16 aromatic carbocycles. The first-order chi connectivity index (χ1) is 44.1. The van der Waals surface area contributed by atoms with Crippen LogP contribution < -0.4 is 26.2 Å². The van der Waals surface area contributed by atoms with Gasteiger partial charge in [0.15, 0.2) is 0 Å². The highest BCUT2D eigenvalue weighted by atomic mass is 16.3. The molecule has 0 amide bonds. The Morgan fingerprint density at radius 3 is 0.989 bits per heavy atom. The topological polar surface area (TPSA) is 32.8 Å². The van der Waals surface area contributed by atoms with Crippen molar-refractivity contribution in [1.82, 2.24) is 0 Å². The predicted octanol–water partition coefficient (Wildman–Crippen LogP) is 21.5. The van der Waals surface area contributed by atoms with Crippen LogP contribution in [0.4, 0.5) is 34.1 Å². The van der Waals surface area contributed by atoms with E-state index in [1.807, 2.05) is 0 Å². The molecule has 4 heterocycles. The SMILES string of the molecule is c1ccc(N2c3cc4c(cc3B3c5cc6oc7ccccc7c6cc5N(c5ccccc5-c5cc6ccccc6c6ccccc56)c5cc(-c6cc7ccccc7c7ccccc67)cc2c53)oc2ccccc24)c(-c2cc3ccccc3c3ccccc23)c1. The highest BCUT2D eigenvalue weighted by Gasteiger charge is 2.46. The van der Waals surface area contributed by atoms with Gasteiger partial charge in [0.2, 0.25) is 0 Å². The summed E-state index contributed by atoms with van der Waals surface area (Å²) in [6.45, 7) is -0.280. The van der Waals surface area contributed by atoms with Crippen LogP contribution in [0, 0.1) is 0 Å². The molecule has 18 aromatic rings. The Balaban J connectivity index is 0.969. The molecular weight excluding hydrogens is 1080 g/mol. The standard InChI is InChI=1S/C84H49BN2O2/c1-4-24-54-50(21-1)41-67(60-30-10-7-27-57(54)60)53-44-78-84-79(45-53)87(75-38-18-14-34-64(75)69-43-52-23-3-6-26-56(52)59-29-9-12-32-62(59)69)77-47-71-66-36-16-20-40-81(66)89-83(71)49-73(77)85(84)72-48-82-70(65-35-15-19-39-80(65)88-82)46-76(72)86(78)74-37-17-13-33-63(74)68-42-51-22-2-5-25-55(51)58-28-8-11-31-61(58)68/h1-49H. The van der Waals surface area contributed by atoms with E-state index in [-0.39, 0.29) is 6.71 Å². The predicted molar refractivity (Wildman–Crippen MR) is 376 cm³/mol. The molecule has 4 nitrogen and oxygen atoms in total. The van der Waals surface area contributed by atoms with Gasteiger partial charge in [0, 0.05) is 55.4 Å². The summed E-state index contributed by atoms with van der Waals surface area (Å²) >= 11 is 0. The fourth-order valence-electron chi connectivity index (χ4n) is 15.7. The van der Waals surface area contributed by atoms with Crippen LogP contribution in [0.3, 0.4) is 0 Å². The summed E-state index contributed by atoms with van der Waals surface area (Å²) in [5.74, 6) is 0. The van der Waals surface area contributed by atoms with Crippen LogP contribution in [0.1, 0.15) is 0 Å². The summed E-state index contributed by atoms with van der Waals surface area (Å²) in [4.78, 5) is 5.23. The van der Waals surface area contributed by atoms with Gasteiger partial charge in [-0.25, -0.2) is 0 Å². The van der Waals surface area contributed by atoms with Gasteiger partial charge in [-0.15, -0.1) is 0 Å². The highest BCUT2D eigenvalue weighted by Crippen LogP contribution is 2.53. The van der Waals surface area contributed by atoms with Crippen LogP contribution >= 0.6 is 0 Å². The molecule has 2 aliphatic rings. The van der Waals surface area contributed by atoms with Crippen molar-refractivity contribution < 1.29 is 8.83 Å². The summed E-state index contributed by atoms with van der Waals surface area (Å²) in [7, 11) is 0. The van der Waals surface area contributed by atoms with Crippen molar-refractivity contribution in [3.05, 3.63) is 297 Å². The molecule has 2 aliphatic heterocycles. The molecule has 0 aliphatic carbocycles. The number of furan rings is 2. The van der Waals surface area contributed by atoms with Gasteiger partial charge in [-0.1, -0.05) is 218 Å². The summed E-state index contributed by atoms with van der Waals surface area (Å²) < 4.78 is 14.0. The van der Waals surface area contributed by atoms with Crippen LogP contribution in [0.2, 0.25) is 0 Å². The average Bonchev–Trinajstić information content (AvgIpc) is 1.52. The zero-order valence-corrected chi connectivity index (χ0v) is 48.1. The molecule has 0 radical (unpaired) electrons. The normalized spacial score (nSPS) is 12.9. The summed E-state index contributed by atoms with van der Waals surface area (Å²) in [5, 5.41) is 18.9. The zero-order valence-electron chi connectivity index (χ0n) is 48.1. The lowest BCUT2D eigenvalue weighted by Gasteiger charge is -2.45. The summed E-state index contributed by atoms with van der Waals surface area (Å²) in [5.41, 5.74) is 20.4. The van der Waals surface area contributed by atoms with E-state index < -0.39 is 0 Å². The first-order valence-electron chi connectivity index (χ1n) is 30.7. The van der Waals surface area contributed by atoms with Gasteiger partial charge in [-0.3, -0.25) is 0 Å². The van der Waals surface area contributed by atoms with Crippen LogP contribution in [-0.2, 0) is 0 Å². The Bertz CT molecular complexity index is 5800. The fraction of sp³-hybridized carbons (Fsp3) is 0. The van der Waals surface area contributed by atoms with Crippen molar-refractivity contribution in [2.24, 2.45) is 0 Å². The van der Waals surface area contributed by atoms with E-state index >= 15 is 0 Å². The van der Waals surface area contributed by atoms with Crippen molar-refractivity contribution in [3.8, 4) is 33.4 Å². The van der Waals surface area contributed by atoms with Crippen molar-refractivity contribution in [1.29, 1.82) is 0 Å². The monoisotopic (exact) mass is 1130 g/mol. The Kier molecular flexibility index (Phi) is 10.1. The van der Waals surface area contributed by atoms with Crippen molar-refractivity contribution in [2.75, 3.05) is 9.80 Å². The molecule has 89 heavy (non-hydrogen) atoms. The average molecular weight is 1130 g/mol. The quantitative estimate of drug-likeness (QED) is 0.127. The summed E-state index contributed by atoms with van der Waals surface area (Å²) in [6.07, 6.45) is 0. The number of anilines is 6. The third-order valence-electron chi connectivity index (χ3n) is 19.5. The minimum Gasteiger partial charge on any atom is -0.456 e. The molecule has 0 N–H and O–H groups in total. The summed E-state index contributed by atoms with van der Waals surface area (Å²) in [6, 6.07) is 110. The molecule has 20 rings (SSSR count). The van der Waals surface area contributed by atoms with E-state index in [1.54, 1.807) is 0 Å². The van der Waals surface area contributed by atoms with E-state index in [1.165, 1.54) is 86.8 Å². The molecule has 410 valence electrons.